The van der Waals surface area contributed by atoms with Gasteiger partial charge in [-0.1, -0.05) is 30.3 Å². The molecule has 2 aromatic carbocycles. The summed E-state index contributed by atoms with van der Waals surface area (Å²) in [5, 5.41) is 1.11. The fraction of sp³-hybridized carbons (Fsp3) is 0.200. The predicted molar refractivity (Wildman–Crippen MR) is 91.9 cm³/mol. The normalized spacial score (nSPS) is 12.0. The van der Waals surface area contributed by atoms with Gasteiger partial charge >= 0.3 is 0 Å². The highest BCUT2D eigenvalue weighted by molar-refractivity contribution is 5.79. The lowest BCUT2D eigenvalue weighted by atomic mass is 9.88. The van der Waals surface area contributed by atoms with Crippen molar-refractivity contribution in [2.75, 3.05) is 7.11 Å². The SMILES string of the molecule is COc1cccc(C(CCC=O)c2cnc3ccccc3c2)c1. The average Bonchev–Trinajstić information content (AvgIpc) is 2.62. The number of carbonyl (C=O) groups excluding carboxylic acids is 1. The Morgan fingerprint density at radius 2 is 1.96 bits per heavy atom. The lowest BCUT2D eigenvalue weighted by Gasteiger charge is -2.18. The minimum Gasteiger partial charge on any atom is -0.497 e. The van der Waals surface area contributed by atoms with Crippen molar-refractivity contribution in [1.82, 2.24) is 4.98 Å². The summed E-state index contributed by atoms with van der Waals surface area (Å²) < 4.78 is 5.33. The van der Waals surface area contributed by atoms with Crippen molar-refractivity contribution in [2.24, 2.45) is 0 Å². The number of carbonyl (C=O) groups is 1. The van der Waals surface area contributed by atoms with E-state index in [1.54, 1.807) is 7.11 Å². The van der Waals surface area contributed by atoms with E-state index in [0.29, 0.717) is 6.42 Å². The first-order chi connectivity index (χ1) is 11.3. The Morgan fingerprint density at radius 1 is 1.09 bits per heavy atom. The summed E-state index contributed by atoms with van der Waals surface area (Å²) >= 11 is 0. The zero-order valence-electron chi connectivity index (χ0n) is 13.1. The molecule has 1 atom stereocenters. The molecule has 116 valence electrons. The Kier molecular flexibility index (Phi) is 4.67. The first-order valence-corrected chi connectivity index (χ1v) is 7.74. The number of aromatic nitrogens is 1. The molecule has 1 aromatic heterocycles. The van der Waals surface area contributed by atoms with Crippen molar-refractivity contribution in [3.63, 3.8) is 0 Å². The second-order valence-corrected chi connectivity index (χ2v) is 5.53. The number of aldehydes is 1. The number of para-hydroxylation sites is 1. The van der Waals surface area contributed by atoms with Crippen LogP contribution in [0.1, 0.15) is 29.9 Å². The molecule has 3 heteroatoms. The number of ether oxygens (including phenoxy) is 1. The van der Waals surface area contributed by atoms with Gasteiger partial charge in [-0.3, -0.25) is 4.98 Å². The molecule has 0 fully saturated rings. The number of fused-ring (bicyclic) bond motifs is 1. The maximum Gasteiger partial charge on any atom is 0.120 e. The lowest BCUT2D eigenvalue weighted by molar-refractivity contribution is -0.107. The summed E-state index contributed by atoms with van der Waals surface area (Å²) in [5.41, 5.74) is 3.25. The fourth-order valence-electron chi connectivity index (χ4n) is 2.90. The Balaban J connectivity index is 2.03. The van der Waals surface area contributed by atoms with E-state index >= 15 is 0 Å². The van der Waals surface area contributed by atoms with E-state index in [1.165, 1.54) is 0 Å². The largest absolute Gasteiger partial charge is 0.497 e. The Labute approximate surface area is 135 Å². The number of benzene rings is 2. The quantitative estimate of drug-likeness (QED) is 0.635. The molecule has 0 spiro atoms. The third-order valence-corrected chi connectivity index (χ3v) is 4.08. The van der Waals surface area contributed by atoms with Crippen molar-refractivity contribution < 1.29 is 9.53 Å². The maximum atomic E-state index is 10.9. The van der Waals surface area contributed by atoms with E-state index in [2.05, 4.69) is 23.2 Å². The zero-order valence-corrected chi connectivity index (χ0v) is 13.1. The van der Waals surface area contributed by atoms with Gasteiger partial charge < -0.3 is 9.53 Å². The molecule has 0 radical (unpaired) electrons. The zero-order chi connectivity index (χ0) is 16.1. The molecule has 0 aliphatic carbocycles. The van der Waals surface area contributed by atoms with Crippen LogP contribution in [0.25, 0.3) is 10.9 Å². The molecule has 0 saturated carbocycles. The van der Waals surface area contributed by atoms with Crippen LogP contribution in [-0.4, -0.2) is 18.4 Å². The van der Waals surface area contributed by atoms with E-state index in [9.17, 15) is 4.79 Å². The van der Waals surface area contributed by atoms with Crippen LogP contribution in [0.2, 0.25) is 0 Å². The van der Waals surface area contributed by atoms with Crippen LogP contribution < -0.4 is 4.74 Å². The molecule has 0 amide bonds. The van der Waals surface area contributed by atoms with Crippen LogP contribution in [0, 0.1) is 0 Å². The van der Waals surface area contributed by atoms with Crippen LogP contribution in [0.4, 0.5) is 0 Å². The molecule has 0 bridgehead atoms. The first kappa shape index (κ1) is 15.2. The summed E-state index contributed by atoms with van der Waals surface area (Å²) in [4.78, 5) is 15.4. The molecule has 0 N–H and O–H groups in total. The maximum absolute atomic E-state index is 10.9. The van der Waals surface area contributed by atoms with Crippen molar-refractivity contribution in [3.8, 4) is 5.75 Å². The highest BCUT2D eigenvalue weighted by Gasteiger charge is 2.15. The molecule has 1 unspecified atom stereocenters. The molecule has 0 aliphatic rings. The summed E-state index contributed by atoms with van der Waals surface area (Å²) in [7, 11) is 1.66. The smallest absolute Gasteiger partial charge is 0.120 e. The van der Waals surface area contributed by atoms with E-state index in [4.69, 9.17) is 4.74 Å². The number of methoxy groups -OCH3 is 1. The van der Waals surface area contributed by atoms with Gasteiger partial charge in [0.25, 0.3) is 0 Å². The number of hydrogen-bond acceptors (Lipinski definition) is 3. The van der Waals surface area contributed by atoms with Gasteiger partial charge in [-0.15, -0.1) is 0 Å². The van der Waals surface area contributed by atoms with Crippen molar-refractivity contribution in [3.05, 3.63) is 71.9 Å². The summed E-state index contributed by atoms with van der Waals surface area (Å²) in [6.45, 7) is 0. The minimum absolute atomic E-state index is 0.132. The predicted octanol–water partition coefficient (Wildman–Crippen LogP) is 4.35. The van der Waals surface area contributed by atoms with Crippen molar-refractivity contribution >= 4 is 17.2 Å². The topological polar surface area (TPSA) is 39.2 Å². The van der Waals surface area contributed by atoms with Gasteiger partial charge in [0.05, 0.1) is 12.6 Å². The summed E-state index contributed by atoms with van der Waals surface area (Å²) in [5.74, 6) is 0.958. The molecule has 3 aromatic rings. The minimum atomic E-state index is 0.132. The number of nitrogens with zero attached hydrogens (tertiary/aromatic N) is 1. The van der Waals surface area contributed by atoms with Crippen molar-refractivity contribution in [1.29, 1.82) is 0 Å². The number of hydrogen-bond donors (Lipinski definition) is 0. The van der Waals surface area contributed by atoms with E-state index in [1.807, 2.05) is 42.6 Å². The van der Waals surface area contributed by atoms with Gasteiger partial charge in [-0.2, -0.15) is 0 Å². The van der Waals surface area contributed by atoms with Crippen LogP contribution in [-0.2, 0) is 4.79 Å². The summed E-state index contributed by atoms with van der Waals surface area (Å²) in [6.07, 6.45) is 4.17. The number of rotatable bonds is 6. The van der Waals surface area contributed by atoms with E-state index < -0.39 is 0 Å². The standard InChI is InChI=1S/C20H19NO2/c1-23-18-8-4-7-15(13-18)19(9-5-11-22)17-12-16-6-2-3-10-20(16)21-14-17/h2-4,6-8,10-14,19H,5,9H2,1H3. The van der Waals surface area contributed by atoms with Gasteiger partial charge in [-0.05, 0) is 41.8 Å². The average molecular weight is 305 g/mol. The van der Waals surface area contributed by atoms with E-state index in [-0.39, 0.29) is 5.92 Å². The Morgan fingerprint density at radius 3 is 2.78 bits per heavy atom. The second kappa shape index (κ2) is 7.05. The molecule has 23 heavy (non-hydrogen) atoms. The Hall–Kier alpha value is -2.68. The van der Waals surface area contributed by atoms with Crippen LogP contribution >= 0.6 is 0 Å². The summed E-state index contributed by atoms with van der Waals surface area (Å²) in [6, 6.07) is 18.3. The molecule has 3 rings (SSSR count). The third-order valence-electron chi connectivity index (χ3n) is 4.08. The molecular weight excluding hydrogens is 286 g/mol. The van der Waals surface area contributed by atoms with Crippen LogP contribution in [0.5, 0.6) is 5.75 Å². The number of pyridine rings is 1. The molecule has 0 aliphatic heterocycles. The third kappa shape index (κ3) is 3.39. The highest BCUT2D eigenvalue weighted by atomic mass is 16.5. The lowest BCUT2D eigenvalue weighted by Crippen LogP contribution is -2.03. The molecular formula is C20H19NO2. The molecule has 1 heterocycles. The van der Waals surface area contributed by atoms with Gasteiger partial charge in [0, 0.05) is 23.9 Å². The van der Waals surface area contributed by atoms with Crippen LogP contribution in [0.3, 0.4) is 0 Å². The monoisotopic (exact) mass is 305 g/mol. The Bertz CT molecular complexity index is 813. The van der Waals surface area contributed by atoms with Crippen LogP contribution in [0.15, 0.2) is 60.8 Å². The molecule has 0 saturated heterocycles. The van der Waals surface area contributed by atoms with Crippen molar-refractivity contribution in [2.45, 2.75) is 18.8 Å². The molecule has 3 nitrogen and oxygen atoms in total. The second-order valence-electron chi connectivity index (χ2n) is 5.53. The fourth-order valence-corrected chi connectivity index (χ4v) is 2.90. The highest BCUT2D eigenvalue weighted by Crippen LogP contribution is 2.32. The van der Waals surface area contributed by atoms with Gasteiger partial charge in [0.1, 0.15) is 12.0 Å². The first-order valence-electron chi connectivity index (χ1n) is 7.74. The van der Waals surface area contributed by atoms with Gasteiger partial charge in [0.2, 0.25) is 0 Å². The van der Waals surface area contributed by atoms with E-state index in [0.717, 1.165) is 40.5 Å². The van der Waals surface area contributed by atoms with Gasteiger partial charge in [0.15, 0.2) is 0 Å². The van der Waals surface area contributed by atoms with Gasteiger partial charge in [-0.25, -0.2) is 0 Å².